The average molecular weight is 211 g/mol. The molecule has 0 aliphatic carbocycles. The third-order valence-electron chi connectivity index (χ3n) is 1.79. The minimum Gasteiger partial charge on any atom is -0.384 e. The van der Waals surface area contributed by atoms with E-state index < -0.39 is 12.2 Å². The smallest absolute Gasteiger partial charge is 0.171 e. The standard InChI is InChI=1S/C9H9NO3S/c1-5-2-6(4-11)14-9(5)8(13)7(12)3-10/h2,4,7-8,12-13H,1H3. The highest BCUT2D eigenvalue weighted by Crippen LogP contribution is 2.28. The summed E-state index contributed by atoms with van der Waals surface area (Å²) in [5.74, 6) is 0. The van der Waals surface area contributed by atoms with E-state index in [1.165, 1.54) is 0 Å². The Hall–Kier alpha value is -1.22. The van der Waals surface area contributed by atoms with E-state index in [1.54, 1.807) is 19.1 Å². The van der Waals surface area contributed by atoms with E-state index in [2.05, 4.69) is 0 Å². The third-order valence-corrected chi connectivity index (χ3v) is 3.02. The lowest BCUT2D eigenvalue weighted by Crippen LogP contribution is -2.15. The number of aliphatic hydroxyl groups is 2. The first kappa shape index (κ1) is 10.9. The van der Waals surface area contributed by atoms with Crippen molar-refractivity contribution >= 4 is 17.6 Å². The molecule has 14 heavy (non-hydrogen) atoms. The van der Waals surface area contributed by atoms with Gasteiger partial charge in [-0.3, -0.25) is 4.79 Å². The second-order valence-corrected chi connectivity index (χ2v) is 3.95. The molecule has 2 N–H and O–H groups in total. The fraction of sp³-hybridized carbons (Fsp3) is 0.333. The number of thiophene rings is 1. The highest BCUT2D eigenvalue weighted by molar-refractivity contribution is 7.13. The summed E-state index contributed by atoms with van der Waals surface area (Å²) >= 11 is 1.08. The molecular weight excluding hydrogens is 202 g/mol. The molecule has 0 aliphatic rings. The lowest BCUT2D eigenvalue weighted by Gasteiger charge is -2.10. The number of nitriles is 1. The molecule has 1 aromatic heterocycles. The van der Waals surface area contributed by atoms with Crippen LogP contribution in [0, 0.1) is 18.3 Å². The van der Waals surface area contributed by atoms with E-state index in [9.17, 15) is 9.90 Å². The second kappa shape index (κ2) is 4.33. The Bertz CT molecular complexity index is 380. The van der Waals surface area contributed by atoms with E-state index in [1.807, 2.05) is 0 Å². The number of carbonyl (C=O) groups excluding carboxylic acids is 1. The predicted octanol–water partition coefficient (Wildman–Crippen LogP) is 0.787. The van der Waals surface area contributed by atoms with Gasteiger partial charge in [-0.1, -0.05) is 0 Å². The zero-order valence-corrected chi connectivity index (χ0v) is 8.28. The predicted molar refractivity (Wildman–Crippen MR) is 51.0 cm³/mol. The van der Waals surface area contributed by atoms with Gasteiger partial charge < -0.3 is 10.2 Å². The maximum atomic E-state index is 10.4. The van der Waals surface area contributed by atoms with Gasteiger partial charge in [0.1, 0.15) is 6.10 Å². The summed E-state index contributed by atoms with van der Waals surface area (Å²) in [6.07, 6.45) is -2.02. The van der Waals surface area contributed by atoms with Gasteiger partial charge in [-0.2, -0.15) is 5.26 Å². The quantitative estimate of drug-likeness (QED) is 0.572. The molecule has 0 bridgehead atoms. The molecule has 4 nitrogen and oxygen atoms in total. The van der Waals surface area contributed by atoms with Gasteiger partial charge in [0.15, 0.2) is 12.4 Å². The average Bonchev–Trinajstić information content (AvgIpc) is 2.57. The van der Waals surface area contributed by atoms with Crippen molar-refractivity contribution in [3.05, 3.63) is 21.4 Å². The van der Waals surface area contributed by atoms with E-state index >= 15 is 0 Å². The second-order valence-electron chi connectivity index (χ2n) is 2.83. The van der Waals surface area contributed by atoms with Crippen molar-refractivity contribution in [3.8, 4) is 6.07 Å². The first-order valence-electron chi connectivity index (χ1n) is 3.91. The minimum atomic E-state index is -1.45. The van der Waals surface area contributed by atoms with Gasteiger partial charge in [-0.05, 0) is 18.6 Å². The summed E-state index contributed by atoms with van der Waals surface area (Å²) < 4.78 is 0. The molecule has 74 valence electrons. The lowest BCUT2D eigenvalue weighted by atomic mass is 10.1. The first-order valence-corrected chi connectivity index (χ1v) is 4.73. The Labute approximate surface area is 85.0 Å². The fourth-order valence-electron chi connectivity index (χ4n) is 1.09. The van der Waals surface area contributed by atoms with Crippen LogP contribution in [0.3, 0.4) is 0 Å². The highest BCUT2D eigenvalue weighted by atomic mass is 32.1. The van der Waals surface area contributed by atoms with E-state index in [0.29, 0.717) is 21.6 Å². The van der Waals surface area contributed by atoms with Crippen LogP contribution in [-0.4, -0.2) is 22.6 Å². The Morgan fingerprint density at radius 1 is 1.64 bits per heavy atom. The van der Waals surface area contributed by atoms with Crippen molar-refractivity contribution in [3.63, 3.8) is 0 Å². The Morgan fingerprint density at radius 2 is 2.29 bits per heavy atom. The van der Waals surface area contributed by atoms with Gasteiger partial charge in [0, 0.05) is 4.88 Å². The monoisotopic (exact) mass is 211 g/mol. The number of carbonyl (C=O) groups is 1. The van der Waals surface area contributed by atoms with Gasteiger partial charge in [0.25, 0.3) is 0 Å². The van der Waals surface area contributed by atoms with Crippen LogP contribution >= 0.6 is 11.3 Å². The van der Waals surface area contributed by atoms with Gasteiger partial charge in [0.05, 0.1) is 10.9 Å². The minimum absolute atomic E-state index is 0.459. The van der Waals surface area contributed by atoms with Crippen LogP contribution < -0.4 is 0 Å². The maximum absolute atomic E-state index is 10.4. The molecule has 0 aliphatic heterocycles. The normalized spacial score (nSPS) is 14.4. The molecule has 1 aromatic rings. The number of hydrogen-bond donors (Lipinski definition) is 2. The molecule has 5 heteroatoms. The van der Waals surface area contributed by atoms with Crippen molar-refractivity contribution < 1.29 is 15.0 Å². The summed E-state index contributed by atoms with van der Waals surface area (Å²) in [7, 11) is 0. The number of aldehydes is 1. The van der Waals surface area contributed by atoms with Crippen LogP contribution in [-0.2, 0) is 0 Å². The molecular formula is C9H9NO3S. The third kappa shape index (κ3) is 1.99. The number of aliphatic hydroxyl groups excluding tert-OH is 2. The maximum Gasteiger partial charge on any atom is 0.171 e. The van der Waals surface area contributed by atoms with Gasteiger partial charge in [0.2, 0.25) is 0 Å². The summed E-state index contributed by atoms with van der Waals surface area (Å²) in [6, 6.07) is 3.15. The SMILES string of the molecule is Cc1cc(C=O)sc1C(O)C(O)C#N. The summed E-state index contributed by atoms with van der Waals surface area (Å²) in [4.78, 5) is 11.4. The first-order chi connectivity index (χ1) is 6.60. The van der Waals surface area contributed by atoms with E-state index in [4.69, 9.17) is 10.4 Å². The van der Waals surface area contributed by atoms with Crippen molar-refractivity contribution in [2.75, 3.05) is 0 Å². The number of hydrogen-bond acceptors (Lipinski definition) is 5. The molecule has 2 unspecified atom stereocenters. The molecule has 1 rings (SSSR count). The van der Waals surface area contributed by atoms with Crippen LogP contribution in [0.2, 0.25) is 0 Å². The van der Waals surface area contributed by atoms with Gasteiger partial charge in [-0.15, -0.1) is 11.3 Å². The summed E-state index contributed by atoms with van der Waals surface area (Å²) in [6.45, 7) is 1.71. The molecule has 0 radical (unpaired) electrons. The Balaban J connectivity index is 3.01. The van der Waals surface area contributed by atoms with Crippen molar-refractivity contribution in [1.82, 2.24) is 0 Å². The van der Waals surface area contributed by atoms with Gasteiger partial charge >= 0.3 is 0 Å². The van der Waals surface area contributed by atoms with Crippen LogP contribution in [0.5, 0.6) is 0 Å². The number of nitrogens with zero attached hydrogens (tertiary/aromatic N) is 1. The van der Waals surface area contributed by atoms with E-state index in [-0.39, 0.29) is 0 Å². The fourth-order valence-corrected chi connectivity index (χ4v) is 2.09. The largest absolute Gasteiger partial charge is 0.384 e. The molecule has 2 atom stereocenters. The zero-order valence-electron chi connectivity index (χ0n) is 7.47. The molecule has 0 amide bonds. The lowest BCUT2D eigenvalue weighted by molar-refractivity contribution is 0.0548. The Kier molecular flexibility index (Phi) is 3.36. The van der Waals surface area contributed by atoms with Crippen LogP contribution in [0.15, 0.2) is 6.07 Å². The molecule has 0 saturated heterocycles. The van der Waals surface area contributed by atoms with E-state index in [0.717, 1.165) is 11.3 Å². The molecule has 0 aromatic carbocycles. The molecule has 0 saturated carbocycles. The summed E-state index contributed by atoms with van der Waals surface area (Å²) in [5, 5.41) is 27.0. The van der Waals surface area contributed by atoms with Crippen molar-refractivity contribution in [2.45, 2.75) is 19.1 Å². The van der Waals surface area contributed by atoms with Gasteiger partial charge in [-0.25, -0.2) is 0 Å². The summed E-state index contributed by atoms with van der Waals surface area (Å²) in [5.41, 5.74) is 0.707. The van der Waals surface area contributed by atoms with Crippen LogP contribution in [0.4, 0.5) is 0 Å². The Morgan fingerprint density at radius 3 is 2.71 bits per heavy atom. The highest BCUT2D eigenvalue weighted by Gasteiger charge is 2.21. The van der Waals surface area contributed by atoms with Crippen molar-refractivity contribution in [1.29, 1.82) is 5.26 Å². The zero-order chi connectivity index (χ0) is 10.7. The van der Waals surface area contributed by atoms with Crippen LogP contribution in [0.1, 0.15) is 26.2 Å². The molecule has 0 fully saturated rings. The van der Waals surface area contributed by atoms with Crippen LogP contribution in [0.25, 0.3) is 0 Å². The molecule has 0 spiro atoms. The topological polar surface area (TPSA) is 81.3 Å². The molecule has 1 heterocycles. The number of aryl methyl sites for hydroxylation is 1. The van der Waals surface area contributed by atoms with Crippen molar-refractivity contribution in [2.24, 2.45) is 0 Å². The number of rotatable bonds is 3.